The molecule has 0 aliphatic carbocycles. The van der Waals surface area contributed by atoms with Crippen LogP contribution in [0.1, 0.15) is 40.9 Å². The highest BCUT2D eigenvalue weighted by Crippen LogP contribution is 2.31. The van der Waals surface area contributed by atoms with Crippen molar-refractivity contribution in [2.45, 2.75) is 50.9 Å². The van der Waals surface area contributed by atoms with Crippen LogP contribution in [-0.4, -0.2) is 94.8 Å². The van der Waals surface area contributed by atoms with Crippen LogP contribution < -0.4 is 15.8 Å². The molecular weight excluding hydrogens is 596 g/mol. The second-order valence-electron chi connectivity index (χ2n) is 12.8. The Morgan fingerprint density at radius 3 is 2.53 bits per heavy atom. The zero-order chi connectivity index (χ0) is 33.4. The van der Waals surface area contributed by atoms with E-state index in [1.54, 1.807) is 19.0 Å². The molecule has 2 bridgehead atoms. The van der Waals surface area contributed by atoms with Crippen molar-refractivity contribution in [2.75, 3.05) is 33.8 Å². The van der Waals surface area contributed by atoms with E-state index in [-0.39, 0.29) is 68.3 Å². The van der Waals surface area contributed by atoms with Crippen LogP contribution in [0, 0.1) is 6.92 Å². The predicted octanol–water partition coefficient (Wildman–Crippen LogP) is 2.96. The van der Waals surface area contributed by atoms with Gasteiger partial charge >= 0.3 is 0 Å². The summed E-state index contributed by atoms with van der Waals surface area (Å²) >= 11 is 0. The minimum absolute atomic E-state index is 0.0276. The molecule has 3 atom stereocenters. The summed E-state index contributed by atoms with van der Waals surface area (Å²) < 4.78 is 8.14. The van der Waals surface area contributed by atoms with Gasteiger partial charge in [-0.2, -0.15) is 0 Å². The van der Waals surface area contributed by atoms with Crippen molar-refractivity contribution in [1.29, 1.82) is 0 Å². The fourth-order valence-corrected chi connectivity index (χ4v) is 6.83. The summed E-state index contributed by atoms with van der Waals surface area (Å²) in [4.78, 5) is 59.3. The number of hydrogen-bond acceptors (Lipinski definition) is 6. The second-order valence-corrected chi connectivity index (χ2v) is 12.8. The van der Waals surface area contributed by atoms with Gasteiger partial charge in [0.15, 0.2) is 0 Å². The Balaban J connectivity index is 1.32. The topological polar surface area (TPSA) is 130 Å². The van der Waals surface area contributed by atoms with Gasteiger partial charge in [0, 0.05) is 63.3 Å². The molecule has 0 unspecified atom stereocenters. The standard InChI is InChI=1S/C36H42N6O5/c1-22-34-29-17-28(11-12-30(29)40(22)3)47-21-27-16-26(37)19-42(27)33(44)20-39(2)32(43)14-13-31(41(4)36(34)46)35(45)38-18-23-9-10-24-7-5-6-8-25(24)15-23/h5-12,15,17,26-27,31H,13-14,16,18-21,37H2,1-4H3,(H,38,45)/t26-,27+,31+/m1/s1. The minimum atomic E-state index is -0.943. The number of carbonyl (C=O) groups is 4. The van der Waals surface area contributed by atoms with Crippen LogP contribution in [0.2, 0.25) is 0 Å². The summed E-state index contributed by atoms with van der Waals surface area (Å²) in [6.45, 7) is 2.64. The molecule has 47 heavy (non-hydrogen) atoms. The van der Waals surface area contributed by atoms with Gasteiger partial charge in [-0.1, -0.05) is 36.4 Å². The summed E-state index contributed by atoms with van der Waals surface area (Å²) in [5.41, 5.74) is 9.22. The largest absolute Gasteiger partial charge is 0.491 e. The Morgan fingerprint density at radius 1 is 0.979 bits per heavy atom. The molecule has 4 aromatic rings. The van der Waals surface area contributed by atoms with Gasteiger partial charge < -0.3 is 35.1 Å². The number of nitrogens with zero attached hydrogens (tertiary/aromatic N) is 4. The fourth-order valence-electron chi connectivity index (χ4n) is 6.83. The van der Waals surface area contributed by atoms with Gasteiger partial charge in [0.05, 0.1) is 18.2 Å². The van der Waals surface area contributed by atoms with E-state index in [9.17, 15) is 19.2 Å². The Bertz CT molecular complexity index is 1870. The molecule has 3 N–H and O–H groups in total. The molecule has 0 radical (unpaired) electrons. The van der Waals surface area contributed by atoms with Crippen LogP contribution in [-0.2, 0) is 28.0 Å². The average Bonchev–Trinajstić information content (AvgIpc) is 3.56. The van der Waals surface area contributed by atoms with E-state index in [0.29, 0.717) is 29.7 Å². The lowest BCUT2D eigenvalue weighted by Gasteiger charge is -2.29. The molecule has 11 nitrogen and oxygen atoms in total. The highest BCUT2D eigenvalue weighted by atomic mass is 16.5. The van der Waals surface area contributed by atoms with Crippen LogP contribution in [0.4, 0.5) is 0 Å². The van der Waals surface area contributed by atoms with Crippen molar-refractivity contribution in [3.05, 3.63) is 77.5 Å². The third-order valence-electron chi connectivity index (χ3n) is 9.69. The first-order valence-corrected chi connectivity index (χ1v) is 16.0. The maximum atomic E-state index is 14.3. The molecule has 2 aliphatic heterocycles. The van der Waals surface area contributed by atoms with Gasteiger partial charge in [0.1, 0.15) is 18.4 Å². The van der Waals surface area contributed by atoms with E-state index in [1.165, 1.54) is 9.80 Å². The van der Waals surface area contributed by atoms with Crippen molar-refractivity contribution >= 4 is 45.3 Å². The van der Waals surface area contributed by atoms with Crippen LogP contribution in [0.25, 0.3) is 21.7 Å². The van der Waals surface area contributed by atoms with Crippen molar-refractivity contribution in [1.82, 2.24) is 24.6 Å². The van der Waals surface area contributed by atoms with Gasteiger partial charge in [-0.15, -0.1) is 0 Å². The number of nitrogens with one attached hydrogen (secondary N) is 1. The van der Waals surface area contributed by atoms with E-state index in [2.05, 4.69) is 5.32 Å². The molecule has 1 fully saturated rings. The van der Waals surface area contributed by atoms with Crippen LogP contribution in [0.15, 0.2) is 60.7 Å². The molecule has 1 aromatic heterocycles. The first kappa shape index (κ1) is 32.1. The molecule has 2 aliphatic rings. The van der Waals surface area contributed by atoms with Crippen molar-refractivity contribution in [3.63, 3.8) is 0 Å². The predicted molar refractivity (Wildman–Crippen MR) is 180 cm³/mol. The molecule has 6 rings (SSSR count). The van der Waals surface area contributed by atoms with Crippen molar-refractivity contribution in [2.24, 2.45) is 12.8 Å². The van der Waals surface area contributed by atoms with Crippen LogP contribution >= 0.6 is 0 Å². The number of amides is 4. The quantitative estimate of drug-likeness (QED) is 0.355. The van der Waals surface area contributed by atoms with Gasteiger partial charge in [-0.3, -0.25) is 19.2 Å². The van der Waals surface area contributed by atoms with E-state index < -0.39 is 6.04 Å². The zero-order valence-corrected chi connectivity index (χ0v) is 27.4. The summed E-state index contributed by atoms with van der Waals surface area (Å²) in [5, 5.41) is 5.87. The van der Waals surface area contributed by atoms with Gasteiger partial charge in [0.2, 0.25) is 17.7 Å². The smallest absolute Gasteiger partial charge is 0.256 e. The Morgan fingerprint density at radius 2 is 1.74 bits per heavy atom. The molecule has 11 heteroatoms. The number of aromatic nitrogens is 1. The van der Waals surface area contributed by atoms with E-state index in [0.717, 1.165) is 27.5 Å². The highest BCUT2D eigenvalue weighted by Gasteiger charge is 2.36. The lowest BCUT2D eigenvalue weighted by Crippen LogP contribution is -2.48. The van der Waals surface area contributed by atoms with E-state index in [4.69, 9.17) is 10.5 Å². The van der Waals surface area contributed by atoms with Gasteiger partial charge in [-0.25, -0.2) is 0 Å². The molecule has 4 amide bonds. The second kappa shape index (κ2) is 13.1. The van der Waals surface area contributed by atoms with Crippen molar-refractivity contribution < 1.29 is 23.9 Å². The van der Waals surface area contributed by atoms with E-state index >= 15 is 0 Å². The van der Waals surface area contributed by atoms with Gasteiger partial charge in [0.25, 0.3) is 5.91 Å². The summed E-state index contributed by atoms with van der Waals surface area (Å²) in [6.07, 6.45) is 0.638. The molecule has 0 spiro atoms. The van der Waals surface area contributed by atoms with E-state index in [1.807, 2.05) is 79.2 Å². The number of ether oxygens (including phenoxy) is 1. The molecule has 3 aromatic carbocycles. The maximum Gasteiger partial charge on any atom is 0.256 e. The Hall–Kier alpha value is -4.90. The van der Waals surface area contributed by atoms with Gasteiger partial charge in [-0.05, 0) is 60.4 Å². The Kier molecular flexibility index (Phi) is 8.92. The fraction of sp³-hybridized carbons (Fsp3) is 0.389. The summed E-state index contributed by atoms with van der Waals surface area (Å²) in [5.74, 6) is -0.634. The zero-order valence-electron chi connectivity index (χ0n) is 27.4. The molecule has 246 valence electrons. The SMILES string of the molecule is Cc1c2c3cc(ccc3n1C)OC[C@@H]1C[C@@H](N)CN1C(=O)CN(C)C(=O)CC[C@@H](C(=O)NCc1ccc3ccccc3c1)N(C)C2=O. The number of rotatable bonds is 3. The molecular formula is C36H42N6O5. The lowest BCUT2D eigenvalue weighted by atomic mass is 10.0. The highest BCUT2D eigenvalue weighted by molar-refractivity contribution is 6.09. The minimum Gasteiger partial charge on any atom is -0.491 e. The number of likely N-dealkylation sites (N-methyl/N-ethyl adjacent to an activating group) is 2. The first-order chi connectivity index (χ1) is 22.5. The van der Waals surface area contributed by atoms with Crippen LogP contribution in [0.5, 0.6) is 5.75 Å². The number of nitrogens with two attached hydrogens (primary N) is 1. The summed E-state index contributed by atoms with van der Waals surface area (Å²) in [6, 6.07) is 18.2. The number of carbonyl (C=O) groups excluding carboxylic acids is 4. The third kappa shape index (κ3) is 6.40. The Labute approximate surface area is 274 Å². The average molecular weight is 639 g/mol. The van der Waals surface area contributed by atoms with Crippen LogP contribution in [0.3, 0.4) is 0 Å². The molecule has 0 saturated carbocycles. The number of fused-ring (bicyclic) bond motifs is 3. The number of hydrogen-bond donors (Lipinski definition) is 2. The monoisotopic (exact) mass is 638 g/mol. The number of aryl methyl sites for hydroxylation is 1. The van der Waals surface area contributed by atoms with Crippen molar-refractivity contribution in [3.8, 4) is 5.75 Å². The maximum absolute atomic E-state index is 14.3. The summed E-state index contributed by atoms with van der Waals surface area (Å²) in [7, 11) is 5.08. The lowest BCUT2D eigenvalue weighted by molar-refractivity contribution is -0.140. The first-order valence-electron chi connectivity index (χ1n) is 16.0. The third-order valence-corrected chi connectivity index (χ3v) is 9.69. The number of benzene rings is 3. The normalized spacial score (nSPS) is 21.3. The molecule has 1 saturated heterocycles. The molecule has 3 heterocycles.